The number of rotatable bonds is 7. The molecule has 2 aromatic rings. The van der Waals surface area contributed by atoms with Gasteiger partial charge in [-0.25, -0.2) is 4.79 Å². The van der Waals surface area contributed by atoms with E-state index in [1.54, 1.807) is 0 Å². The largest absolute Gasteiger partial charge is 0.367 e. The van der Waals surface area contributed by atoms with Crippen molar-refractivity contribution >= 4 is 6.03 Å². The van der Waals surface area contributed by atoms with E-state index < -0.39 is 0 Å². The minimum atomic E-state index is -0.0108. The number of likely N-dealkylation sites (tertiary alicyclic amines) is 1. The molecular weight excluding hydrogens is 344 g/mol. The topological polar surface area (TPSA) is 80.5 Å². The molecule has 146 valence electrons. The number of amides is 2. The molecule has 0 spiro atoms. The number of carbonyl (C=O) groups excluding carboxylic acids is 1. The Morgan fingerprint density at radius 2 is 2.15 bits per heavy atom. The maximum Gasteiger partial charge on any atom is 0.317 e. The van der Waals surface area contributed by atoms with Crippen LogP contribution in [0.4, 0.5) is 4.79 Å². The summed E-state index contributed by atoms with van der Waals surface area (Å²) in [5.74, 6) is 1.68. The maximum absolute atomic E-state index is 12.3. The van der Waals surface area contributed by atoms with Crippen LogP contribution in [0.2, 0.25) is 0 Å². The van der Waals surface area contributed by atoms with E-state index in [9.17, 15) is 4.79 Å². The number of carbonyl (C=O) groups is 1. The molecule has 1 aromatic heterocycles. The lowest BCUT2D eigenvalue weighted by atomic mass is 9.97. The molecule has 7 heteroatoms. The Morgan fingerprint density at radius 3 is 2.93 bits per heavy atom. The van der Waals surface area contributed by atoms with Gasteiger partial charge in [-0.1, -0.05) is 49.3 Å². The lowest BCUT2D eigenvalue weighted by Crippen LogP contribution is -2.46. The molecule has 2 amide bonds. The Labute approximate surface area is 160 Å². The van der Waals surface area contributed by atoms with Gasteiger partial charge >= 0.3 is 6.03 Å². The summed E-state index contributed by atoms with van der Waals surface area (Å²) in [5.41, 5.74) is 1.10. The first-order chi connectivity index (χ1) is 13.1. The van der Waals surface area contributed by atoms with E-state index in [0.717, 1.165) is 24.9 Å². The van der Waals surface area contributed by atoms with Crippen LogP contribution in [0.25, 0.3) is 0 Å². The first kappa shape index (κ1) is 19.4. The Kier molecular flexibility index (Phi) is 6.81. The number of hydrogen-bond acceptors (Lipinski definition) is 5. The predicted molar refractivity (Wildman–Crippen MR) is 101 cm³/mol. The first-order valence-corrected chi connectivity index (χ1v) is 9.58. The van der Waals surface area contributed by atoms with Gasteiger partial charge in [-0.2, -0.15) is 4.98 Å². The van der Waals surface area contributed by atoms with Crippen molar-refractivity contribution in [2.45, 2.75) is 45.8 Å². The predicted octanol–water partition coefficient (Wildman–Crippen LogP) is 3.33. The third-order valence-corrected chi connectivity index (χ3v) is 4.56. The van der Waals surface area contributed by atoms with Gasteiger partial charge in [-0.15, -0.1) is 0 Å². The van der Waals surface area contributed by atoms with Gasteiger partial charge in [0.2, 0.25) is 0 Å². The van der Waals surface area contributed by atoms with E-state index in [4.69, 9.17) is 9.26 Å². The molecule has 1 fully saturated rings. The average molecular weight is 372 g/mol. The van der Waals surface area contributed by atoms with Crippen LogP contribution in [0.1, 0.15) is 49.9 Å². The highest BCUT2D eigenvalue weighted by Gasteiger charge is 2.28. The Morgan fingerprint density at radius 1 is 1.33 bits per heavy atom. The second-order valence-corrected chi connectivity index (χ2v) is 7.39. The van der Waals surface area contributed by atoms with Crippen molar-refractivity contribution in [2.24, 2.45) is 5.92 Å². The number of nitrogens with zero attached hydrogens (tertiary/aromatic N) is 3. The number of benzene rings is 1. The van der Waals surface area contributed by atoms with Crippen LogP contribution in [-0.4, -0.2) is 40.7 Å². The molecular formula is C20H28N4O3. The van der Waals surface area contributed by atoms with Crippen molar-refractivity contribution in [2.75, 3.05) is 19.6 Å². The summed E-state index contributed by atoms with van der Waals surface area (Å²) in [6.45, 7) is 7.03. The van der Waals surface area contributed by atoms with Gasteiger partial charge < -0.3 is 19.5 Å². The highest BCUT2D eigenvalue weighted by atomic mass is 16.5. The molecule has 7 nitrogen and oxygen atoms in total. The fourth-order valence-corrected chi connectivity index (χ4v) is 3.10. The summed E-state index contributed by atoms with van der Waals surface area (Å²) in [5, 5.41) is 7.08. The van der Waals surface area contributed by atoms with Crippen molar-refractivity contribution in [1.82, 2.24) is 20.4 Å². The molecule has 1 saturated heterocycles. The van der Waals surface area contributed by atoms with Crippen molar-refractivity contribution in [1.29, 1.82) is 0 Å². The van der Waals surface area contributed by atoms with Gasteiger partial charge in [0.05, 0.1) is 6.61 Å². The van der Waals surface area contributed by atoms with E-state index in [-0.39, 0.29) is 18.6 Å². The third kappa shape index (κ3) is 5.79. The van der Waals surface area contributed by atoms with Gasteiger partial charge in [0, 0.05) is 25.6 Å². The number of urea groups is 1. The summed E-state index contributed by atoms with van der Waals surface area (Å²) >= 11 is 0. The SMILES string of the molecule is CC(C)CNC(=O)N1CCCC(c2noc(COCc3ccccc3)n2)C1. The molecule has 1 aromatic carbocycles. The standard InChI is InChI=1S/C20H28N4O3/c1-15(2)11-21-20(25)24-10-6-9-17(12-24)19-22-18(27-23-19)14-26-13-16-7-4-3-5-8-16/h3-5,7-8,15,17H,6,9-14H2,1-2H3,(H,21,25). The van der Waals surface area contributed by atoms with Crippen LogP contribution in [0.3, 0.4) is 0 Å². The highest BCUT2D eigenvalue weighted by Crippen LogP contribution is 2.25. The minimum absolute atomic E-state index is 0.0108. The van der Waals surface area contributed by atoms with Gasteiger partial charge in [-0.3, -0.25) is 0 Å². The van der Waals surface area contributed by atoms with Crippen molar-refractivity contribution < 1.29 is 14.1 Å². The maximum atomic E-state index is 12.3. The number of hydrogen-bond donors (Lipinski definition) is 1. The molecule has 0 aliphatic carbocycles. The third-order valence-electron chi connectivity index (χ3n) is 4.56. The molecule has 2 heterocycles. The fraction of sp³-hybridized carbons (Fsp3) is 0.550. The first-order valence-electron chi connectivity index (χ1n) is 9.58. The molecule has 27 heavy (non-hydrogen) atoms. The Bertz CT molecular complexity index is 717. The molecule has 1 N–H and O–H groups in total. The molecule has 1 aliphatic heterocycles. The number of ether oxygens (including phenoxy) is 1. The molecule has 1 atom stereocenters. The van der Waals surface area contributed by atoms with E-state index in [1.165, 1.54) is 0 Å². The van der Waals surface area contributed by atoms with Crippen LogP contribution in [0, 0.1) is 5.92 Å². The van der Waals surface area contributed by atoms with Gasteiger partial charge in [0.1, 0.15) is 6.61 Å². The normalized spacial score (nSPS) is 17.3. The van der Waals surface area contributed by atoms with Crippen molar-refractivity contribution in [3.8, 4) is 0 Å². The van der Waals surface area contributed by atoms with E-state index in [2.05, 4.69) is 29.3 Å². The summed E-state index contributed by atoms with van der Waals surface area (Å²) in [6.07, 6.45) is 1.89. The molecule has 1 unspecified atom stereocenters. The van der Waals surface area contributed by atoms with Crippen LogP contribution >= 0.6 is 0 Å². The Hall–Kier alpha value is -2.41. The van der Waals surface area contributed by atoms with Crippen LogP contribution in [0.15, 0.2) is 34.9 Å². The summed E-state index contributed by atoms with van der Waals surface area (Å²) < 4.78 is 11.0. The molecule has 0 bridgehead atoms. The monoisotopic (exact) mass is 372 g/mol. The molecule has 3 rings (SSSR count). The smallest absolute Gasteiger partial charge is 0.317 e. The zero-order valence-corrected chi connectivity index (χ0v) is 16.1. The quantitative estimate of drug-likeness (QED) is 0.806. The minimum Gasteiger partial charge on any atom is -0.367 e. The second kappa shape index (κ2) is 9.50. The molecule has 0 radical (unpaired) electrons. The van der Waals surface area contributed by atoms with Gasteiger partial charge in [0.15, 0.2) is 5.82 Å². The lowest BCUT2D eigenvalue weighted by molar-refractivity contribution is 0.0850. The summed E-state index contributed by atoms with van der Waals surface area (Å²) in [7, 11) is 0. The average Bonchev–Trinajstić information content (AvgIpc) is 3.16. The van der Waals surface area contributed by atoms with Gasteiger partial charge in [0.25, 0.3) is 5.89 Å². The van der Waals surface area contributed by atoms with Crippen LogP contribution < -0.4 is 5.32 Å². The number of piperidine rings is 1. The molecule has 1 aliphatic rings. The number of aromatic nitrogens is 2. The van der Waals surface area contributed by atoms with Gasteiger partial charge in [-0.05, 0) is 24.3 Å². The highest BCUT2D eigenvalue weighted by molar-refractivity contribution is 5.74. The lowest BCUT2D eigenvalue weighted by Gasteiger charge is -2.31. The van der Waals surface area contributed by atoms with Crippen molar-refractivity contribution in [3.63, 3.8) is 0 Å². The summed E-state index contributed by atoms with van der Waals surface area (Å²) in [6, 6.07) is 9.96. The van der Waals surface area contributed by atoms with Crippen molar-refractivity contribution in [3.05, 3.63) is 47.6 Å². The van der Waals surface area contributed by atoms with E-state index >= 15 is 0 Å². The fourth-order valence-electron chi connectivity index (χ4n) is 3.10. The zero-order chi connectivity index (χ0) is 19.1. The van der Waals surface area contributed by atoms with Crippen LogP contribution in [-0.2, 0) is 18.0 Å². The zero-order valence-electron chi connectivity index (χ0n) is 16.1. The number of nitrogens with one attached hydrogen (secondary N) is 1. The van der Waals surface area contributed by atoms with E-state index in [1.807, 2.05) is 35.2 Å². The second-order valence-electron chi connectivity index (χ2n) is 7.39. The Balaban J connectivity index is 1.49. The van der Waals surface area contributed by atoms with Crippen LogP contribution in [0.5, 0.6) is 0 Å². The van der Waals surface area contributed by atoms with E-state index in [0.29, 0.717) is 37.3 Å². The summed E-state index contributed by atoms with van der Waals surface area (Å²) in [4.78, 5) is 18.6. The molecule has 0 saturated carbocycles.